The van der Waals surface area contributed by atoms with Crippen LogP contribution in [-0.2, 0) is 16.7 Å². The molecule has 0 spiro atoms. The molecule has 33 heavy (non-hydrogen) atoms. The van der Waals surface area contributed by atoms with Crippen molar-refractivity contribution in [2.45, 2.75) is 24.8 Å². The Morgan fingerprint density at radius 1 is 1.00 bits per heavy atom. The fourth-order valence-corrected chi connectivity index (χ4v) is 4.81. The average Bonchev–Trinajstić information content (AvgIpc) is 2.86. The first kappa shape index (κ1) is 25.8. The quantitative estimate of drug-likeness (QED) is 0.329. The number of aliphatic imine (C=N–C) groups is 1. The van der Waals surface area contributed by atoms with Gasteiger partial charge in [0.25, 0.3) is 0 Å². The zero-order valence-electron chi connectivity index (χ0n) is 19.8. The van der Waals surface area contributed by atoms with Crippen LogP contribution in [-0.4, -0.2) is 75.9 Å². The average molecular weight is 565 g/mol. The third-order valence-corrected chi connectivity index (χ3v) is 6.87. The highest BCUT2D eigenvalue weighted by Crippen LogP contribution is 2.35. The summed E-state index contributed by atoms with van der Waals surface area (Å²) in [4.78, 5) is 9.53. The molecule has 0 unspecified atom stereocenters. The normalized spacial score (nSPS) is 19.0. The lowest BCUT2D eigenvalue weighted by atomic mass is 9.74. The molecule has 0 aromatic heterocycles. The van der Waals surface area contributed by atoms with E-state index < -0.39 is 0 Å². The molecule has 0 aliphatic carbocycles. The Bertz CT molecular complexity index is 862. The van der Waals surface area contributed by atoms with Gasteiger partial charge in [-0.25, -0.2) is 0 Å². The fourth-order valence-electron chi connectivity index (χ4n) is 4.81. The molecule has 0 amide bonds. The standard InChI is InChI=1S/C26H36N4O2.HI/c1-27-25(30-16-14-29(15-17-30)20-22-6-4-3-5-7-22)28-21-26(12-18-32-19-13-26)23-8-10-24(31-2)11-9-23;/h3-11H,12-21H2,1-2H3,(H,27,28);1H. The number of ether oxygens (including phenoxy) is 2. The number of guanidine groups is 1. The molecule has 1 N–H and O–H groups in total. The van der Waals surface area contributed by atoms with Crippen molar-refractivity contribution in [1.29, 1.82) is 0 Å². The van der Waals surface area contributed by atoms with Crippen LogP contribution in [0.15, 0.2) is 59.6 Å². The van der Waals surface area contributed by atoms with E-state index in [1.165, 1.54) is 11.1 Å². The lowest BCUT2D eigenvalue weighted by molar-refractivity contribution is 0.0510. The molecule has 0 atom stereocenters. The second-order valence-electron chi connectivity index (χ2n) is 8.77. The zero-order valence-corrected chi connectivity index (χ0v) is 22.2. The lowest BCUT2D eigenvalue weighted by Crippen LogP contribution is -2.54. The summed E-state index contributed by atoms with van der Waals surface area (Å²) in [6, 6.07) is 19.3. The first-order chi connectivity index (χ1) is 15.7. The smallest absolute Gasteiger partial charge is 0.193 e. The van der Waals surface area contributed by atoms with E-state index in [2.05, 4.69) is 74.7 Å². The molecule has 2 fully saturated rings. The van der Waals surface area contributed by atoms with Crippen LogP contribution >= 0.6 is 24.0 Å². The summed E-state index contributed by atoms with van der Waals surface area (Å²) in [5.41, 5.74) is 2.77. The maximum atomic E-state index is 5.70. The van der Waals surface area contributed by atoms with Crippen LogP contribution in [0.4, 0.5) is 0 Å². The van der Waals surface area contributed by atoms with Crippen molar-refractivity contribution in [2.24, 2.45) is 4.99 Å². The first-order valence-electron chi connectivity index (χ1n) is 11.7. The minimum Gasteiger partial charge on any atom is -0.497 e. The highest BCUT2D eigenvalue weighted by atomic mass is 127. The molecule has 2 aromatic carbocycles. The summed E-state index contributed by atoms with van der Waals surface area (Å²) in [7, 11) is 3.60. The minimum absolute atomic E-state index is 0. The molecule has 2 heterocycles. The Morgan fingerprint density at radius 3 is 2.27 bits per heavy atom. The monoisotopic (exact) mass is 564 g/mol. The van der Waals surface area contributed by atoms with Crippen LogP contribution in [0, 0.1) is 0 Å². The van der Waals surface area contributed by atoms with Gasteiger partial charge in [0.2, 0.25) is 0 Å². The van der Waals surface area contributed by atoms with Crippen molar-refractivity contribution in [2.75, 3.05) is 60.1 Å². The number of nitrogens with one attached hydrogen (secondary N) is 1. The number of hydrogen-bond donors (Lipinski definition) is 1. The van der Waals surface area contributed by atoms with Crippen LogP contribution in [0.5, 0.6) is 5.75 Å². The van der Waals surface area contributed by atoms with E-state index in [4.69, 9.17) is 9.47 Å². The SMILES string of the molecule is CN=C(NCC1(c2ccc(OC)cc2)CCOCC1)N1CCN(Cc2ccccc2)CC1.I. The second kappa shape index (κ2) is 12.6. The van der Waals surface area contributed by atoms with E-state index in [0.29, 0.717) is 0 Å². The van der Waals surface area contributed by atoms with Gasteiger partial charge in [0.05, 0.1) is 7.11 Å². The fraction of sp³-hybridized carbons (Fsp3) is 0.500. The highest BCUT2D eigenvalue weighted by molar-refractivity contribution is 14.0. The maximum absolute atomic E-state index is 5.70. The van der Waals surface area contributed by atoms with Gasteiger partial charge in [-0.15, -0.1) is 24.0 Å². The van der Waals surface area contributed by atoms with Gasteiger partial charge < -0.3 is 19.7 Å². The van der Waals surface area contributed by atoms with Crippen LogP contribution < -0.4 is 10.1 Å². The Morgan fingerprint density at radius 2 is 1.67 bits per heavy atom. The van der Waals surface area contributed by atoms with E-state index in [1.807, 2.05) is 7.05 Å². The highest BCUT2D eigenvalue weighted by Gasteiger charge is 2.35. The third kappa shape index (κ3) is 6.61. The number of halogens is 1. The summed E-state index contributed by atoms with van der Waals surface area (Å²) >= 11 is 0. The summed E-state index contributed by atoms with van der Waals surface area (Å²) in [5.74, 6) is 1.90. The molecule has 2 saturated heterocycles. The second-order valence-corrected chi connectivity index (χ2v) is 8.77. The topological polar surface area (TPSA) is 49.3 Å². The summed E-state index contributed by atoms with van der Waals surface area (Å²) < 4.78 is 11.1. The number of methoxy groups -OCH3 is 1. The number of piperazine rings is 1. The molecule has 2 aromatic rings. The maximum Gasteiger partial charge on any atom is 0.193 e. The van der Waals surface area contributed by atoms with Crippen molar-refractivity contribution in [3.05, 3.63) is 65.7 Å². The number of hydrogen-bond acceptors (Lipinski definition) is 4. The van der Waals surface area contributed by atoms with Crippen molar-refractivity contribution < 1.29 is 9.47 Å². The number of benzene rings is 2. The largest absolute Gasteiger partial charge is 0.497 e. The number of nitrogens with zero attached hydrogens (tertiary/aromatic N) is 3. The van der Waals surface area contributed by atoms with E-state index in [9.17, 15) is 0 Å². The van der Waals surface area contributed by atoms with E-state index >= 15 is 0 Å². The lowest BCUT2D eigenvalue weighted by Gasteiger charge is -2.40. The Labute approximate surface area is 215 Å². The molecule has 180 valence electrons. The van der Waals surface area contributed by atoms with Gasteiger partial charge in [-0.1, -0.05) is 42.5 Å². The molecule has 2 aliphatic rings. The molecular formula is C26H37IN4O2. The summed E-state index contributed by atoms with van der Waals surface area (Å²) in [6.45, 7) is 7.55. The first-order valence-corrected chi connectivity index (χ1v) is 11.7. The van der Waals surface area contributed by atoms with Gasteiger partial charge >= 0.3 is 0 Å². The van der Waals surface area contributed by atoms with Gasteiger partial charge in [0, 0.05) is 64.9 Å². The van der Waals surface area contributed by atoms with Crippen molar-refractivity contribution in [3.8, 4) is 5.75 Å². The van der Waals surface area contributed by atoms with Gasteiger partial charge in [0.15, 0.2) is 5.96 Å². The molecule has 6 nitrogen and oxygen atoms in total. The van der Waals surface area contributed by atoms with Gasteiger partial charge in [-0.2, -0.15) is 0 Å². The Balaban J connectivity index is 0.00000306. The van der Waals surface area contributed by atoms with Crippen LogP contribution in [0.1, 0.15) is 24.0 Å². The molecular weight excluding hydrogens is 527 g/mol. The Hall–Kier alpha value is -1.84. The van der Waals surface area contributed by atoms with Gasteiger partial charge in [0.1, 0.15) is 5.75 Å². The number of rotatable bonds is 6. The summed E-state index contributed by atoms with van der Waals surface area (Å²) in [5, 5.41) is 3.71. The van der Waals surface area contributed by atoms with Crippen LogP contribution in [0.25, 0.3) is 0 Å². The van der Waals surface area contributed by atoms with E-state index in [1.54, 1.807) is 7.11 Å². The molecule has 0 radical (unpaired) electrons. The predicted octanol–water partition coefficient (Wildman–Crippen LogP) is 3.75. The van der Waals surface area contributed by atoms with E-state index in [0.717, 1.165) is 77.0 Å². The van der Waals surface area contributed by atoms with Crippen molar-refractivity contribution in [3.63, 3.8) is 0 Å². The third-order valence-electron chi connectivity index (χ3n) is 6.87. The van der Waals surface area contributed by atoms with E-state index in [-0.39, 0.29) is 29.4 Å². The van der Waals surface area contributed by atoms with Crippen molar-refractivity contribution >= 4 is 29.9 Å². The molecule has 0 saturated carbocycles. The van der Waals surface area contributed by atoms with Gasteiger partial charge in [-0.05, 0) is 36.1 Å². The van der Waals surface area contributed by atoms with Crippen LogP contribution in [0.2, 0.25) is 0 Å². The zero-order chi connectivity index (χ0) is 22.2. The molecule has 2 aliphatic heterocycles. The molecule has 7 heteroatoms. The minimum atomic E-state index is 0. The summed E-state index contributed by atoms with van der Waals surface area (Å²) in [6.07, 6.45) is 2.02. The molecule has 0 bridgehead atoms. The Kier molecular flexibility index (Phi) is 9.82. The van der Waals surface area contributed by atoms with Crippen LogP contribution in [0.3, 0.4) is 0 Å². The molecule has 4 rings (SSSR count). The van der Waals surface area contributed by atoms with Gasteiger partial charge in [-0.3, -0.25) is 9.89 Å². The predicted molar refractivity (Wildman–Crippen MR) is 145 cm³/mol. The van der Waals surface area contributed by atoms with Crippen molar-refractivity contribution in [1.82, 2.24) is 15.1 Å².